The fraction of sp³-hybridized carbons (Fsp3) is 0.242. The highest BCUT2D eigenvalue weighted by Crippen LogP contribution is 2.42. The number of carbonyl (C=O) groups excluding carboxylic acids is 1. The first-order valence-electron chi connectivity index (χ1n) is 13.9. The number of benzene rings is 3. The van der Waals surface area contributed by atoms with E-state index in [2.05, 4.69) is 34.5 Å². The Balaban J connectivity index is 1.64. The summed E-state index contributed by atoms with van der Waals surface area (Å²) < 4.78 is 28.0. The van der Waals surface area contributed by atoms with Crippen LogP contribution in [0.4, 0.5) is 16.4 Å². The van der Waals surface area contributed by atoms with E-state index in [4.69, 9.17) is 33.3 Å². The van der Waals surface area contributed by atoms with E-state index in [1.54, 1.807) is 46.5 Å². The highest BCUT2D eigenvalue weighted by Gasteiger charge is 2.23. The number of ether oxygens (including phenoxy) is 4. The van der Waals surface area contributed by atoms with Crippen molar-refractivity contribution in [2.24, 2.45) is 0 Å². The number of hydrogen-bond donors (Lipinski definition) is 1. The summed E-state index contributed by atoms with van der Waals surface area (Å²) in [6.45, 7) is 3.17. The molecule has 0 radical (unpaired) electrons. The third-order valence-electron chi connectivity index (χ3n) is 6.81. The summed E-state index contributed by atoms with van der Waals surface area (Å²) in [7, 11) is 4.65. The number of methoxy groups -OCH3 is 3. The van der Waals surface area contributed by atoms with Gasteiger partial charge in [-0.2, -0.15) is 0 Å². The second kappa shape index (κ2) is 13.6. The monoisotopic (exact) mass is 582 g/mol. The Kier molecular flexibility index (Phi) is 9.26. The normalized spacial score (nSPS) is 10.8. The lowest BCUT2D eigenvalue weighted by Crippen LogP contribution is -2.27. The molecule has 0 atom stereocenters. The number of carbonyl (C=O) groups is 1. The third kappa shape index (κ3) is 6.81. The lowest BCUT2D eigenvalue weighted by atomic mass is 10.1. The molecule has 2 aromatic heterocycles. The molecule has 0 aliphatic heterocycles. The molecule has 222 valence electrons. The van der Waals surface area contributed by atoms with Crippen molar-refractivity contribution in [3.05, 3.63) is 90.0 Å². The van der Waals surface area contributed by atoms with Gasteiger partial charge < -0.3 is 28.3 Å². The molecule has 1 N–H and O–H groups in total. The van der Waals surface area contributed by atoms with Crippen LogP contribution in [0.1, 0.15) is 18.1 Å². The molecule has 0 fully saturated rings. The topological polar surface area (TPSA) is 108 Å². The number of nitrogens with one attached hydrogen (secondary N) is 1. The predicted octanol–water partition coefficient (Wildman–Crippen LogP) is 6.73. The van der Waals surface area contributed by atoms with Crippen LogP contribution in [0.25, 0.3) is 22.6 Å². The molecule has 0 saturated carbocycles. The van der Waals surface area contributed by atoms with Crippen molar-refractivity contribution in [3.63, 3.8) is 0 Å². The average Bonchev–Trinajstić information content (AvgIpc) is 3.47. The van der Waals surface area contributed by atoms with Crippen LogP contribution in [-0.2, 0) is 17.7 Å². The minimum atomic E-state index is -0.608. The summed E-state index contributed by atoms with van der Waals surface area (Å²) in [5.74, 6) is 2.57. The summed E-state index contributed by atoms with van der Waals surface area (Å²) in [6, 6.07) is 25.6. The van der Waals surface area contributed by atoms with E-state index in [0.29, 0.717) is 58.7 Å². The Morgan fingerprint density at radius 3 is 2.12 bits per heavy atom. The van der Waals surface area contributed by atoms with Crippen molar-refractivity contribution in [1.82, 2.24) is 9.97 Å². The molecular formula is C33H34N4O6. The van der Waals surface area contributed by atoms with Crippen molar-refractivity contribution in [3.8, 4) is 28.7 Å². The molecule has 10 nitrogen and oxygen atoms in total. The maximum atomic E-state index is 12.4. The molecule has 43 heavy (non-hydrogen) atoms. The van der Waals surface area contributed by atoms with Gasteiger partial charge in [-0.1, -0.05) is 60.7 Å². The van der Waals surface area contributed by atoms with Crippen molar-refractivity contribution in [2.45, 2.75) is 19.9 Å². The van der Waals surface area contributed by atoms with E-state index >= 15 is 0 Å². The predicted molar refractivity (Wildman–Crippen MR) is 165 cm³/mol. The SMILES string of the molecule is CCOC(=O)Nc1cc2oc(-c3cc(OC)c(OC)c(OC)c3)nc2c(N(CCc2ccccc2)Cc2ccccc2)n1. The van der Waals surface area contributed by atoms with Gasteiger partial charge in [0.2, 0.25) is 11.6 Å². The van der Waals surface area contributed by atoms with E-state index in [-0.39, 0.29) is 12.4 Å². The molecule has 5 aromatic rings. The lowest BCUT2D eigenvalue weighted by Gasteiger charge is -2.24. The summed E-state index contributed by atoms with van der Waals surface area (Å²) in [6.07, 6.45) is 0.160. The minimum absolute atomic E-state index is 0.228. The quantitative estimate of drug-likeness (QED) is 0.171. The van der Waals surface area contributed by atoms with Crippen LogP contribution in [0, 0.1) is 0 Å². The number of fused-ring (bicyclic) bond motifs is 1. The van der Waals surface area contributed by atoms with Gasteiger partial charge in [-0.05, 0) is 36.6 Å². The molecule has 5 rings (SSSR count). The number of rotatable bonds is 12. The van der Waals surface area contributed by atoms with Gasteiger partial charge in [-0.15, -0.1) is 0 Å². The van der Waals surface area contributed by atoms with Crippen molar-refractivity contribution < 1.29 is 28.2 Å². The molecule has 0 aliphatic rings. The molecule has 2 heterocycles. The second-order valence-electron chi connectivity index (χ2n) is 9.60. The van der Waals surface area contributed by atoms with E-state index < -0.39 is 6.09 Å². The van der Waals surface area contributed by atoms with Crippen molar-refractivity contribution >= 4 is 28.8 Å². The van der Waals surface area contributed by atoms with Crippen LogP contribution in [0.5, 0.6) is 17.2 Å². The van der Waals surface area contributed by atoms with Crippen LogP contribution in [-0.4, -0.2) is 50.5 Å². The first-order valence-corrected chi connectivity index (χ1v) is 13.9. The zero-order chi connectivity index (χ0) is 30.2. The zero-order valence-corrected chi connectivity index (χ0v) is 24.6. The standard InChI is InChI=1S/C33H34N4O6/c1-5-42-33(38)35-28-20-25-29(36-32(43-25)24-18-26(39-2)30(41-4)27(19-24)40-3)31(34-28)37(21-23-14-10-7-11-15-23)17-16-22-12-8-6-9-13-22/h6-15,18-20H,5,16-17,21H2,1-4H3,(H,34,35,38). The molecule has 0 aliphatic carbocycles. The number of aromatic nitrogens is 2. The number of nitrogens with zero attached hydrogens (tertiary/aromatic N) is 3. The van der Waals surface area contributed by atoms with Gasteiger partial charge >= 0.3 is 6.09 Å². The molecule has 3 aromatic carbocycles. The Morgan fingerprint density at radius 2 is 1.51 bits per heavy atom. The van der Waals surface area contributed by atoms with Crippen LogP contribution in [0.15, 0.2) is 83.3 Å². The Hall–Kier alpha value is -5.25. The third-order valence-corrected chi connectivity index (χ3v) is 6.81. The Bertz CT molecular complexity index is 1650. The largest absolute Gasteiger partial charge is 0.493 e. The van der Waals surface area contributed by atoms with Crippen LogP contribution in [0.3, 0.4) is 0 Å². The number of anilines is 2. The van der Waals surface area contributed by atoms with Gasteiger partial charge in [0.05, 0.1) is 27.9 Å². The number of hydrogen-bond acceptors (Lipinski definition) is 9. The van der Waals surface area contributed by atoms with Crippen molar-refractivity contribution in [1.29, 1.82) is 0 Å². The maximum absolute atomic E-state index is 12.4. The summed E-state index contributed by atoms with van der Waals surface area (Å²) >= 11 is 0. The smallest absolute Gasteiger partial charge is 0.412 e. The number of oxazole rings is 1. The fourth-order valence-corrected chi connectivity index (χ4v) is 4.77. The molecular weight excluding hydrogens is 548 g/mol. The summed E-state index contributed by atoms with van der Waals surface area (Å²) in [4.78, 5) is 24.3. The Morgan fingerprint density at radius 1 is 0.860 bits per heavy atom. The van der Waals surface area contributed by atoms with Crippen LogP contribution in [0.2, 0.25) is 0 Å². The fourth-order valence-electron chi connectivity index (χ4n) is 4.77. The Labute approximate surface area is 250 Å². The van der Waals surface area contributed by atoms with Gasteiger partial charge in [0, 0.05) is 24.7 Å². The van der Waals surface area contributed by atoms with Crippen molar-refractivity contribution in [2.75, 3.05) is 44.7 Å². The number of pyridine rings is 1. The van der Waals surface area contributed by atoms with E-state index in [1.807, 2.05) is 36.4 Å². The molecule has 0 unspecified atom stereocenters. The molecule has 0 saturated heterocycles. The molecule has 10 heteroatoms. The van der Waals surface area contributed by atoms with E-state index in [9.17, 15) is 4.79 Å². The lowest BCUT2D eigenvalue weighted by molar-refractivity contribution is 0.168. The molecule has 1 amide bonds. The van der Waals surface area contributed by atoms with Crippen LogP contribution >= 0.6 is 0 Å². The first-order chi connectivity index (χ1) is 21.0. The van der Waals surface area contributed by atoms with Gasteiger partial charge in [0.25, 0.3) is 0 Å². The minimum Gasteiger partial charge on any atom is -0.493 e. The molecule has 0 spiro atoms. The summed E-state index contributed by atoms with van der Waals surface area (Å²) in [5.41, 5.74) is 3.90. The van der Waals surface area contributed by atoms with Crippen LogP contribution < -0.4 is 24.4 Å². The number of amides is 1. The highest BCUT2D eigenvalue weighted by atomic mass is 16.5. The highest BCUT2D eigenvalue weighted by molar-refractivity contribution is 5.92. The zero-order valence-electron chi connectivity index (χ0n) is 24.6. The van der Waals surface area contributed by atoms with Gasteiger partial charge in [0.15, 0.2) is 28.4 Å². The van der Waals surface area contributed by atoms with Gasteiger partial charge in [0.1, 0.15) is 5.82 Å². The maximum Gasteiger partial charge on any atom is 0.412 e. The van der Waals surface area contributed by atoms with E-state index in [0.717, 1.165) is 12.0 Å². The summed E-state index contributed by atoms with van der Waals surface area (Å²) in [5, 5.41) is 2.73. The average molecular weight is 583 g/mol. The second-order valence-corrected chi connectivity index (χ2v) is 9.60. The molecule has 0 bridgehead atoms. The van der Waals surface area contributed by atoms with E-state index in [1.165, 1.54) is 5.56 Å². The first kappa shape index (κ1) is 29.2. The van der Waals surface area contributed by atoms with Gasteiger partial charge in [-0.25, -0.2) is 14.8 Å². The van der Waals surface area contributed by atoms with Gasteiger partial charge in [-0.3, -0.25) is 5.32 Å².